The smallest absolute Gasteiger partial charge is 0.273 e. The first-order chi connectivity index (χ1) is 13.9. The molecule has 3 rings (SSSR count). The van der Waals surface area contributed by atoms with E-state index in [0.717, 1.165) is 51.4 Å². The maximum atomic E-state index is 13.2. The molecule has 0 aromatic carbocycles. The van der Waals surface area contributed by atoms with E-state index in [1.807, 2.05) is 18.7 Å². The molecule has 2 fully saturated rings. The number of carbonyl (C=O) groups is 2. The van der Waals surface area contributed by atoms with E-state index in [0.29, 0.717) is 11.6 Å². The van der Waals surface area contributed by atoms with Crippen molar-refractivity contribution in [3.63, 3.8) is 0 Å². The van der Waals surface area contributed by atoms with E-state index < -0.39 is 5.41 Å². The normalized spacial score (nSPS) is 19.1. The Labute approximate surface area is 178 Å². The van der Waals surface area contributed by atoms with Crippen LogP contribution in [-0.4, -0.2) is 39.7 Å². The van der Waals surface area contributed by atoms with Crippen LogP contribution in [0.3, 0.4) is 0 Å². The highest BCUT2D eigenvalue weighted by Crippen LogP contribution is 2.29. The number of hydrogen-bond donors (Lipinski definition) is 1. The summed E-state index contributed by atoms with van der Waals surface area (Å²) < 4.78 is 5.59. The van der Waals surface area contributed by atoms with Gasteiger partial charge in [0.25, 0.3) is 5.91 Å². The second kappa shape index (κ2) is 9.96. The molecule has 0 bridgehead atoms. The minimum Gasteiger partial charge on any atom is -0.446 e. The van der Waals surface area contributed by atoms with Gasteiger partial charge < -0.3 is 14.6 Å². The summed E-state index contributed by atoms with van der Waals surface area (Å²) in [6.07, 6.45) is 12.4. The van der Waals surface area contributed by atoms with Crippen LogP contribution in [0.2, 0.25) is 0 Å². The fraction of sp³-hybridized carbons (Fsp3) is 0.773. The molecular formula is C22H34ClN3O3. The third kappa shape index (κ3) is 5.74. The van der Waals surface area contributed by atoms with Gasteiger partial charge >= 0.3 is 0 Å². The van der Waals surface area contributed by atoms with Crippen molar-refractivity contribution in [3.8, 4) is 0 Å². The third-order valence-corrected chi connectivity index (χ3v) is 6.89. The summed E-state index contributed by atoms with van der Waals surface area (Å²) in [6.45, 7) is 4.02. The zero-order valence-electron chi connectivity index (χ0n) is 17.7. The minimum atomic E-state index is -0.646. The van der Waals surface area contributed by atoms with Crippen LogP contribution >= 0.6 is 11.6 Å². The fourth-order valence-corrected chi connectivity index (χ4v) is 4.46. The molecule has 2 aliphatic rings. The highest BCUT2D eigenvalue weighted by atomic mass is 35.5. The Morgan fingerprint density at radius 1 is 1.14 bits per heavy atom. The van der Waals surface area contributed by atoms with E-state index in [4.69, 9.17) is 16.0 Å². The van der Waals surface area contributed by atoms with Crippen LogP contribution in [0.5, 0.6) is 0 Å². The van der Waals surface area contributed by atoms with Crippen molar-refractivity contribution >= 4 is 23.4 Å². The molecule has 29 heavy (non-hydrogen) atoms. The van der Waals surface area contributed by atoms with E-state index >= 15 is 0 Å². The summed E-state index contributed by atoms with van der Waals surface area (Å²) in [5.41, 5.74) is -0.356. The summed E-state index contributed by atoms with van der Waals surface area (Å²) in [5, 5.41) is 3.06. The van der Waals surface area contributed by atoms with Gasteiger partial charge in [-0.25, -0.2) is 4.98 Å². The SMILES string of the molecule is CC(C)(CCl)C(=O)N(Cc1nc(C(=O)NC2CCCCC2)co1)C1CCCCC1. The molecule has 1 aromatic heterocycles. The quantitative estimate of drug-likeness (QED) is 0.647. The zero-order valence-corrected chi connectivity index (χ0v) is 18.5. The topological polar surface area (TPSA) is 75.4 Å². The van der Waals surface area contributed by atoms with Crippen LogP contribution in [0, 0.1) is 5.41 Å². The Hall–Kier alpha value is -1.56. The number of nitrogens with one attached hydrogen (secondary N) is 1. The lowest BCUT2D eigenvalue weighted by Gasteiger charge is -2.37. The number of alkyl halides is 1. The largest absolute Gasteiger partial charge is 0.446 e. The zero-order chi connectivity index (χ0) is 20.9. The number of nitrogens with zero attached hydrogens (tertiary/aromatic N) is 2. The third-order valence-electron chi connectivity index (χ3n) is 6.22. The molecule has 162 valence electrons. The lowest BCUT2D eigenvalue weighted by molar-refractivity contribution is -0.143. The van der Waals surface area contributed by atoms with Gasteiger partial charge in [0, 0.05) is 18.0 Å². The monoisotopic (exact) mass is 423 g/mol. The van der Waals surface area contributed by atoms with Gasteiger partial charge in [-0.3, -0.25) is 9.59 Å². The molecule has 1 N–H and O–H groups in total. The summed E-state index contributed by atoms with van der Waals surface area (Å²) in [7, 11) is 0. The van der Waals surface area contributed by atoms with Gasteiger partial charge in [0.15, 0.2) is 5.69 Å². The van der Waals surface area contributed by atoms with E-state index in [2.05, 4.69) is 10.3 Å². The second-order valence-corrected chi connectivity index (χ2v) is 9.44. The molecule has 6 nitrogen and oxygen atoms in total. The average Bonchev–Trinajstić information content (AvgIpc) is 3.22. The molecular weight excluding hydrogens is 390 g/mol. The standard InChI is InChI=1S/C22H34ClN3O3/c1-22(2,15-23)21(28)26(17-11-7-4-8-12-17)13-19-25-18(14-29-19)20(27)24-16-9-5-3-6-10-16/h14,16-17H,3-13,15H2,1-2H3,(H,24,27). The summed E-state index contributed by atoms with van der Waals surface area (Å²) in [4.78, 5) is 32.0. The number of aromatic nitrogens is 1. The predicted molar refractivity (Wildman–Crippen MR) is 113 cm³/mol. The van der Waals surface area contributed by atoms with Gasteiger partial charge in [-0.15, -0.1) is 11.6 Å². The fourth-order valence-electron chi connectivity index (χ4n) is 4.35. The van der Waals surface area contributed by atoms with Crippen molar-refractivity contribution in [1.29, 1.82) is 0 Å². The first-order valence-electron chi connectivity index (χ1n) is 11.0. The molecule has 2 amide bonds. The molecule has 0 spiro atoms. The van der Waals surface area contributed by atoms with Crippen molar-refractivity contribution < 1.29 is 14.0 Å². The van der Waals surface area contributed by atoms with E-state index in [-0.39, 0.29) is 36.3 Å². The van der Waals surface area contributed by atoms with Crippen molar-refractivity contribution in [2.45, 2.75) is 96.7 Å². The van der Waals surface area contributed by atoms with Crippen LogP contribution in [0.15, 0.2) is 10.7 Å². The first-order valence-corrected chi connectivity index (χ1v) is 11.6. The van der Waals surface area contributed by atoms with E-state index in [1.54, 1.807) is 0 Å². The van der Waals surface area contributed by atoms with Crippen molar-refractivity contribution in [2.24, 2.45) is 5.41 Å². The Morgan fingerprint density at radius 3 is 2.38 bits per heavy atom. The molecule has 0 radical (unpaired) electrons. The van der Waals surface area contributed by atoms with Gasteiger partial charge in [0.05, 0.1) is 12.0 Å². The van der Waals surface area contributed by atoms with E-state index in [1.165, 1.54) is 19.1 Å². The summed E-state index contributed by atoms with van der Waals surface area (Å²) in [5.74, 6) is 0.493. The summed E-state index contributed by atoms with van der Waals surface area (Å²) >= 11 is 6.07. The second-order valence-electron chi connectivity index (χ2n) is 9.18. The lowest BCUT2D eigenvalue weighted by atomic mass is 9.89. The van der Waals surface area contributed by atoms with Gasteiger partial charge in [-0.1, -0.05) is 38.5 Å². The number of halogens is 1. The van der Waals surface area contributed by atoms with Crippen LogP contribution in [0.4, 0.5) is 0 Å². The maximum absolute atomic E-state index is 13.2. The molecule has 0 atom stereocenters. The Bertz CT molecular complexity index is 691. The van der Waals surface area contributed by atoms with Gasteiger partial charge in [-0.2, -0.15) is 0 Å². The van der Waals surface area contributed by atoms with Gasteiger partial charge in [-0.05, 0) is 39.5 Å². The average molecular weight is 424 g/mol. The maximum Gasteiger partial charge on any atom is 0.273 e. The molecule has 0 aliphatic heterocycles. The molecule has 1 heterocycles. The van der Waals surface area contributed by atoms with Gasteiger partial charge in [0.2, 0.25) is 11.8 Å². The number of oxazole rings is 1. The number of carbonyl (C=O) groups excluding carboxylic acids is 2. The van der Waals surface area contributed by atoms with Crippen molar-refractivity contribution in [1.82, 2.24) is 15.2 Å². The minimum absolute atomic E-state index is 0.0193. The molecule has 1 aromatic rings. The molecule has 2 aliphatic carbocycles. The molecule has 0 saturated heterocycles. The molecule has 2 saturated carbocycles. The summed E-state index contributed by atoms with van der Waals surface area (Å²) in [6, 6.07) is 0.395. The number of amides is 2. The Morgan fingerprint density at radius 2 is 1.76 bits per heavy atom. The van der Waals surface area contributed by atoms with Crippen LogP contribution < -0.4 is 5.32 Å². The Balaban J connectivity index is 1.69. The molecule has 7 heteroatoms. The van der Waals surface area contributed by atoms with Crippen molar-refractivity contribution in [3.05, 3.63) is 17.8 Å². The highest BCUT2D eigenvalue weighted by Gasteiger charge is 2.36. The van der Waals surface area contributed by atoms with Crippen LogP contribution in [0.1, 0.15) is 94.4 Å². The molecule has 0 unspecified atom stereocenters. The van der Waals surface area contributed by atoms with E-state index in [9.17, 15) is 9.59 Å². The number of rotatable bonds is 7. The highest BCUT2D eigenvalue weighted by molar-refractivity contribution is 6.19. The van der Waals surface area contributed by atoms with Crippen LogP contribution in [0.25, 0.3) is 0 Å². The number of hydrogen-bond acceptors (Lipinski definition) is 4. The Kier molecular flexibility index (Phi) is 7.60. The van der Waals surface area contributed by atoms with Gasteiger partial charge in [0.1, 0.15) is 6.26 Å². The van der Waals surface area contributed by atoms with Crippen molar-refractivity contribution in [2.75, 3.05) is 5.88 Å². The first kappa shape index (κ1) is 22.1. The predicted octanol–water partition coefficient (Wildman–Crippen LogP) is 4.66. The lowest BCUT2D eigenvalue weighted by Crippen LogP contribution is -2.47. The van der Waals surface area contributed by atoms with Crippen LogP contribution in [-0.2, 0) is 11.3 Å².